The molecule has 5 nitrogen and oxygen atoms in total. The van der Waals surface area contributed by atoms with E-state index in [-0.39, 0.29) is 17.9 Å². The maximum Gasteiger partial charge on any atom is 0.226 e. The second kappa shape index (κ2) is 6.19. The molecule has 0 aromatic carbocycles. The number of carbonyl (C=O) groups is 1. The molecule has 0 aliphatic carbocycles. The van der Waals surface area contributed by atoms with Crippen molar-refractivity contribution in [2.75, 3.05) is 13.1 Å². The van der Waals surface area contributed by atoms with E-state index in [9.17, 15) is 4.79 Å². The van der Waals surface area contributed by atoms with E-state index in [1.54, 1.807) is 0 Å². The smallest absolute Gasteiger partial charge is 0.226 e. The molecule has 2 N–H and O–H groups in total. The molecule has 1 aromatic rings. The standard InChI is InChI=1S/C14H23N3O2/c1-10(5-3-7-15)14(18)17-8-4-6-12(17)13-9-11(2)16-19-13/h9-10,12H,3-8,15H2,1-2H3. The molecule has 5 heteroatoms. The summed E-state index contributed by atoms with van der Waals surface area (Å²) >= 11 is 0. The van der Waals surface area contributed by atoms with Crippen LogP contribution in [0, 0.1) is 12.8 Å². The second-order valence-electron chi connectivity index (χ2n) is 5.39. The van der Waals surface area contributed by atoms with Gasteiger partial charge in [-0.25, -0.2) is 0 Å². The fraction of sp³-hybridized carbons (Fsp3) is 0.714. The number of hydrogen-bond donors (Lipinski definition) is 1. The summed E-state index contributed by atoms with van der Waals surface area (Å²) in [4.78, 5) is 14.4. The molecule has 2 heterocycles. The van der Waals surface area contributed by atoms with E-state index >= 15 is 0 Å². The molecular weight excluding hydrogens is 242 g/mol. The highest BCUT2D eigenvalue weighted by molar-refractivity contribution is 5.79. The van der Waals surface area contributed by atoms with Gasteiger partial charge in [-0.3, -0.25) is 4.79 Å². The highest BCUT2D eigenvalue weighted by Gasteiger charge is 2.34. The Morgan fingerprint density at radius 1 is 1.68 bits per heavy atom. The summed E-state index contributed by atoms with van der Waals surface area (Å²) in [7, 11) is 0. The minimum Gasteiger partial charge on any atom is -0.359 e. The molecule has 1 amide bonds. The Kier molecular flexibility index (Phi) is 4.58. The zero-order valence-electron chi connectivity index (χ0n) is 11.8. The lowest BCUT2D eigenvalue weighted by molar-refractivity contribution is -0.136. The molecule has 0 radical (unpaired) electrons. The lowest BCUT2D eigenvalue weighted by Crippen LogP contribution is -2.34. The minimum absolute atomic E-state index is 0.0353. The molecule has 19 heavy (non-hydrogen) atoms. The zero-order valence-corrected chi connectivity index (χ0v) is 11.8. The molecule has 1 saturated heterocycles. The van der Waals surface area contributed by atoms with Crippen molar-refractivity contribution in [1.82, 2.24) is 10.1 Å². The Morgan fingerprint density at radius 2 is 2.47 bits per heavy atom. The predicted octanol–water partition coefficient (Wildman–Crippen LogP) is 2.02. The molecule has 0 bridgehead atoms. The summed E-state index contributed by atoms with van der Waals surface area (Å²) in [5.41, 5.74) is 6.37. The van der Waals surface area contributed by atoms with Crippen LogP contribution in [-0.4, -0.2) is 29.1 Å². The number of aromatic nitrogens is 1. The van der Waals surface area contributed by atoms with Crippen LogP contribution in [0.4, 0.5) is 0 Å². The van der Waals surface area contributed by atoms with E-state index in [4.69, 9.17) is 10.3 Å². The van der Waals surface area contributed by atoms with Crippen molar-refractivity contribution < 1.29 is 9.32 Å². The van der Waals surface area contributed by atoms with Gasteiger partial charge in [0.15, 0.2) is 5.76 Å². The first-order valence-electron chi connectivity index (χ1n) is 7.07. The van der Waals surface area contributed by atoms with Gasteiger partial charge in [0, 0.05) is 18.5 Å². The molecular formula is C14H23N3O2. The van der Waals surface area contributed by atoms with E-state index in [0.29, 0.717) is 6.54 Å². The van der Waals surface area contributed by atoms with Crippen molar-refractivity contribution >= 4 is 5.91 Å². The van der Waals surface area contributed by atoms with E-state index in [0.717, 1.165) is 43.7 Å². The summed E-state index contributed by atoms with van der Waals surface area (Å²) in [6, 6.07) is 2.00. The van der Waals surface area contributed by atoms with Crippen LogP contribution in [0.2, 0.25) is 0 Å². The van der Waals surface area contributed by atoms with Crippen molar-refractivity contribution in [3.63, 3.8) is 0 Å². The molecule has 1 fully saturated rings. The Morgan fingerprint density at radius 3 is 3.11 bits per heavy atom. The highest BCUT2D eigenvalue weighted by Crippen LogP contribution is 2.33. The number of likely N-dealkylation sites (tertiary alicyclic amines) is 1. The Balaban J connectivity index is 2.04. The van der Waals surface area contributed by atoms with Gasteiger partial charge in [-0.15, -0.1) is 0 Å². The van der Waals surface area contributed by atoms with Gasteiger partial charge in [0.2, 0.25) is 5.91 Å². The maximum atomic E-state index is 12.5. The minimum atomic E-state index is 0.0353. The summed E-state index contributed by atoms with van der Waals surface area (Å²) in [5.74, 6) is 1.06. The van der Waals surface area contributed by atoms with E-state index in [2.05, 4.69) is 5.16 Å². The summed E-state index contributed by atoms with van der Waals surface area (Å²) in [5, 5.41) is 3.92. The fourth-order valence-corrected chi connectivity index (χ4v) is 2.70. The Hall–Kier alpha value is -1.36. The lowest BCUT2D eigenvalue weighted by atomic mass is 10.0. The molecule has 0 saturated carbocycles. The van der Waals surface area contributed by atoms with Crippen LogP contribution in [0.25, 0.3) is 0 Å². The van der Waals surface area contributed by atoms with Crippen LogP contribution in [0.3, 0.4) is 0 Å². The molecule has 2 rings (SSSR count). The second-order valence-corrected chi connectivity index (χ2v) is 5.39. The number of rotatable bonds is 5. The fourth-order valence-electron chi connectivity index (χ4n) is 2.70. The molecule has 2 unspecified atom stereocenters. The van der Waals surface area contributed by atoms with Crippen LogP contribution in [0.1, 0.15) is 50.1 Å². The molecule has 106 valence electrons. The SMILES string of the molecule is Cc1cc(C2CCCN2C(=O)C(C)CCCN)on1. The number of nitrogens with zero attached hydrogens (tertiary/aromatic N) is 2. The molecule has 0 spiro atoms. The van der Waals surface area contributed by atoms with Crippen LogP contribution < -0.4 is 5.73 Å². The number of hydrogen-bond acceptors (Lipinski definition) is 4. The molecule has 2 atom stereocenters. The first-order chi connectivity index (χ1) is 9.13. The van der Waals surface area contributed by atoms with Crippen molar-refractivity contribution in [2.24, 2.45) is 11.7 Å². The van der Waals surface area contributed by atoms with Gasteiger partial charge in [0.25, 0.3) is 0 Å². The quantitative estimate of drug-likeness (QED) is 0.884. The van der Waals surface area contributed by atoms with Crippen LogP contribution in [0.15, 0.2) is 10.6 Å². The van der Waals surface area contributed by atoms with Crippen LogP contribution in [-0.2, 0) is 4.79 Å². The molecule has 1 aliphatic heterocycles. The van der Waals surface area contributed by atoms with Gasteiger partial charge in [-0.1, -0.05) is 12.1 Å². The molecule has 1 aliphatic rings. The third-order valence-electron chi connectivity index (χ3n) is 3.77. The number of nitrogens with two attached hydrogens (primary N) is 1. The van der Waals surface area contributed by atoms with Gasteiger partial charge in [0.05, 0.1) is 11.7 Å². The average Bonchev–Trinajstić information content (AvgIpc) is 3.03. The number of carbonyl (C=O) groups excluding carboxylic acids is 1. The zero-order chi connectivity index (χ0) is 13.8. The predicted molar refractivity (Wildman–Crippen MR) is 72.4 cm³/mol. The van der Waals surface area contributed by atoms with E-state index < -0.39 is 0 Å². The maximum absolute atomic E-state index is 12.5. The summed E-state index contributed by atoms with van der Waals surface area (Å²) in [6.07, 6.45) is 3.74. The topological polar surface area (TPSA) is 72.4 Å². The Bertz CT molecular complexity index is 430. The lowest BCUT2D eigenvalue weighted by Gasteiger charge is -2.25. The van der Waals surface area contributed by atoms with Crippen molar-refractivity contribution in [1.29, 1.82) is 0 Å². The third-order valence-corrected chi connectivity index (χ3v) is 3.77. The van der Waals surface area contributed by atoms with Gasteiger partial charge in [-0.2, -0.15) is 0 Å². The first-order valence-corrected chi connectivity index (χ1v) is 7.07. The monoisotopic (exact) mass is 265 g/mol. The number of aryl methyl sites for hydroxylation is 1. The van der Waals surface area contributed by atoms with E-state index in [1.807, 2.05) is 24.8 Å². The van der Waals surface area contributed by atoms with Crippen LogP contribution >= 0.6 is 0 Å². The first kappa shape index (κ1) is 14.1. The van der Waals surface area contributed by atoms with Gasteiger partial charge in [-0.05, 0) is 39.2 Å². The Labute approximate surface area is 114 Å². The van der Waals surface area contributed by atoms with Crippen molar-refractivity contribution in [3.8, 4) is 0 Å². The van der Waals surface area contributed by atoms with Gasteiger partial charge in [0.1, 0.15) is 0 Å². The van der Waals surface area contributed by atoms with Crippen molar-refractivity contribution in [2.45, 2.75) is 45.6 Å². The highest BCUT2D eigenvalue weighted by atomic mass is 16.5. The molecule has 1 aromatic heterocycles. The van der Waals surface area contributed by atoms with E-state index in [1.165, 1.54) is 0 Å². The van der Waals surface area contributed by atoms with Gasteiger partial charge < -0.3 is 15.2 Å². The average molecular weight is 265 g/mol. The third kappa shape index (κ3) is 3.15. The number of amides is 1. The largest absolute Gasteiger partial charge is 0.359 e. The van der Waals surface area contributed by atoms with Crippen LogP contribution in [0.5, 0.6) is 0 Å². The van der Waals surface area contributed by atoms with Gasteiger partial charge >= 0.3 is 0 Å². The summed E-state index contributed by atoms with van der Waals surface area (Å²) in [6.45, 7) is 5.34. The van der Waals surface area contributed by atoms with Crippen molar-refractivity contribution in [3.05, 3.63) is 17.5 Å². The normalized spacial score (nSPS) is 20.8. The summed E-state index contributed by atoms with van der Waals surface area (Å²) < 4.78 is 5.33.